The van der Waals surface area contributed by atoms with Crippen molar-refractivity contribution >= 4 is 23.6 Å². The number of hydrogen-bond donors (Lipinski definition) is 1. The third kappa shape index (κ3) is 4.45. The van der Waals surface area contributed by atoms with Gasteiger partial charge in [-0.1, -0.05) is 0 Å². The molecular weight excluding hydrogens is 368 g/mol. The fourth-order valence-corrected chi connectivity index (χ4v) is 3.45. The van der Waals surface area contributed by atoms with Crippen LogP contribution in [0, 0.1) is 6.92 Å². The lowest BCUT2D eigenvalue weighted by Gasteiger charge is -2.23. The fraction of sp³-hybridized carbons (Fsp3) is 0.300. The minimum absolute atomic E-state index is 0.0314. The Morgan fingerprint density at radius 2 is 2.14 bits per heavy atom. The average molecular weight is 390 g/mol. The van der Waals surface area contributed by atoms with Crippen LogP contribution in [0.5, 0.6) is 0 Å². The van der Waals surface area contributed by atoms with E-state index in [2.05, 4.69) is 30.4 Å². The van der Waals surface area contributed by atoms with Gasteiger partial charge < -0.3 is 10.2 Å². The van der Waals surface area contributed by atoms with Gasteiger partial charge in [-0.25, -0.2) is 15.0 Å². The van der Waals surface area contributed by atoms with Crippen molar-refractivity contribution in [3.63, 3.8) is 0 Å². The monoisotopic (exact) mass is 390 g/mol. The molecule has 1 aliphatic rings. The van der Waals surface area contributed by atoms with Gasteiger partial charge in [-0.05, 0) is 25.8 Å². The highest BCUT2D eigenvalue weighted by Crippen LogP contribution is 2.32. The Morgan fingerprint density at radius 3 is 2.90 bits per heavy atom. The molecule has 29 heavy (non-hydrogen) atoms. The Kier molecular flexibility index (Phi) is 5.28. The molecule has 148 valence electrons. The second kappa shape index (κ2) is 8.17. The van der Waals surface area contributed by atoms with Crippen LogP contribution >= 0.6 is 0 Å². The number of amides is 1. The van der Waals surface area contributed by atoms with Gasteiger partial charge in [0, 0.05) is 49.9 Å². The Labute approximate surface area is 168 Å². The molecule has 9 heteroatoms. The molecule has 3 aromatic heterocycles. The van der Waals surface area contributed by atoms with Gasteiger partial charge in [-0.2, -0.15) is 5.10 Å². The maximum absolute atomic E-state index is 12.8. The van der Waals surface area contributed by atoms with Crippen molar-refractivity contribution in [2.75, 3.05) is 11.9 Å². The minimum Gasteiger partial charge on any atom is -0.331 e. The van der Waals surface area contributed by atoms with Crippen LogP contribution in [0.25, 0.3) is 6.08 Å². The Hall–Kier alpha value is -3.62. The standard InChI is InChI=1S/C20H22N8O/c1-14-24-16(10-18(25-14)26-19-12-21-7-8-22-19)17-4-3-9-28(17)20(29)6-5-15-11-23-27(2)13-15/h5-8,10-13,17H,3-4,9H2,1-2H3,(H,22,24,25,26)/b6-5+/t17-/m1/s1. The second-order valence-corrected chi connectivity index (χ2v) is 6.91. The van der Waals surface area contributed by atoms with Gasteiger partial charge in [0.05, 0.1) is 24.1 Å². The van der Waals surface area contributed by atoms with Crippen LogP contribution in [0.4, 0.5) is 11.6 Å². The zero-order valence-corrected chi connectivity index (χ0v) is 16.4. The summed E-state index contributed by atoms with van der Waals surface area (Å²) >= 11 is 0. The summed E-state index contributed by atoms with van der Waals surface area (Å²) in [5.41, 5.74) is 1.72. The molecule has 1 aliphatic heterocycles. The normalized spacial score (nSPS) is 16.5. The number of aryl methyl sites for hydroxylation is 2. The summed E-state index contributed by atoms with van der Waals surface area (Å²) in [5, 5.41) is 7.27. The molecule has 1 atom stereocenters. The minimum atomic E-state index is -0.0786. The Morgan fingerprint density at radius 1 is 1.24 bits per heavy atom. The van der Waals surface area contributed by atoms with Gasteiger partial charge in [0.15, 0.2) is 0 Å². The summed E-state index contributed by atoms with van der Waals surface area (Å²) in [4.78, 5) is 32.0. The molecular formula is C20H22N8O. The lowest BCUT2D eigenvalue weighted by molar-refractivity contribution is -0.126. The molecule has 0 aliphatic carbocycles. The highest BCUT2D eigenvalue weighted by atomic mass is 16.2. The van der Waals surface area contributed by atoms with E-state index in [9.17, 15) is 4.79 Å². The molecule has 0 saturated carbocycles. The zero-order chi connectivity index (χ0) is 20.2. The molecule has 0 bridgehead atoms. The maximum Gasteiger partial charge on any atom is 0.247 e. The number of hydrogen-bond acceptors (Lipinski definition) is 7. The molecule has 1 fully saturated rings. The number of anilines is 2. The average Bonchev–Trinajstić information content (AvgIpc) is 3.35. The molecule has 1 amide bonds. The molecule has 4 heterocycles. The SMILES string of the molecule is Cc1nc(Nc2cnccn2)cc([C@H]2CCCN2C(=O)/C=C/c2cnn(C)c2)n1. The Balaban J connectivity index is 1.53. The van der Waals surface area contributed by atoms with E-state index in [1.807, 2.05) is 31.1 Å². The summed E-state index contributed by atoms with van der Waals surface area (Å²) in [6.07, 6.45) is 13.6. The van der Waals surface area contributed by atoms with Gasteiger partial charge in [0.2, 0.25) is 5.91 Å². The van der Waals surface area contributed by atoms with Gasteiger partial charge in [0.1, 0.15) is 17.5 Å². The number of carbonyl (C=O) groups excluding carboxylic acids is 1. The highest BCUT2D eigenvalue weighted by Gasteiger charge is 2.30. The van der Waals surface area contributed by atoms with E-state index < -0.39 is 0 Å². The zero-order valence-electron chi connectivity index (χ0n) is 16.4. The first-order valence-electron chi connectivity index (χ1n) is 9.44. The molecule has 0 radical (unpaired) electrons. The van der Waals surface area contributed by atoms with E-state index in [0.29, 0.717) is 24.0 Å². The van der Waals surface area contributed by atoms with E-state index in [1.165, 1.54) is 0 Å². The van der Waals surface area contributed by atoms with Gasteiger partial charge in [-0.15, -0.1) is 0 Å². The van der Waals surface area contributed by atoms with Crippen molar-refractivity contribution in [1.82, 2.24) is 34.6 Å². The molecule has 0 spiro atoms. The van der Waals surface area contributed by atoms with E-state index >= 15 is 0 Å². The third-order valence-corrected chi connectivity index (χ3v) is 4.70. The Bertz CT molecular complexity index is 1030. The van der Waals surface area contributed by atoms with Crippen molar-refractivity contribution in [1.29, 1.82) is 0 Å². The van der Waals surface area contributed by atoms with Crippen LogP contribution in [0.2, 0.25) is 0 Å². The number of nitrogens with zero attached hydrogens (tertiary/aromatic N) is 7. The van der Waals surface area contributed by atoms with E-state index in [4.69, 9.17) is 0 Å². The summed E-state index contributed by atoms with van der Waals surface area (Å²) in [7, 11) is 1.85. The van der Waals surface area contributed by atoms with E-state index in [-0.39, 0.29) is 11.9 Å². The van der Waals surface area contributed by atoms with Gasteiger partial charge in [-0.3, -0.25) is 14.5 Å². The summed E-state index contributed by atoms with van der Waals surface area (Å²) in [6.45, 7) is 2.55. The van der Waals surface area contributed by atoms with E-state index in [1.54, 1.807) is 41.6 Å². The number of aromatic nitrogens is 6. The number of carbonyl (C=O) groups is 1. The topological polar surface area (TPSA) is 102 Å². The van der Waals surface area contributed by atoms with Crippen molar-refractivity contribution in [2.24, 2.45) is 7.05 Å². The molecule has 0 aromatic carbocycles. The second-order valence-electron chi connectivity index (χ2n) is 6.91. The fourth-order valence-electron chi connectivity index (χ4n) is 3.45. The van der Waals surface area contributed by atoms with Crippen LogP contribution < -0.4 is 5.32 Å². The van der Waals surface area contributed by atoms with Crippen LogP contribution in [0.15, 0.2) is 43.1 Å². The van der Waals surface area contributed by atoms with Crippen LogP contribution in [-0.2, 0) is 11.8 Å². The predicted octanol–water partition coefficient (Wildman–Crippen LogP) is 2.43. The predicted molar refractivity (Wildman–Crippen MR) is 108 cm³/mol. The first-order chi connectivity index (χ1) is 14.1. The van der Waals surface area contributed by atoms with Crippen LogP contribution in [-0.4, -0.2) is 47.1 Å². The van der Waals surface area contributed by atoms with Crippen LogP contribution in [0.1, 0.15) is 36.0 Å². The van der Waals surface area contributed by atoms with Crippen molar-refractivity contribution in [3.8, 4) is 0 Å². The number of rotatable bonds is 5. The van der Waals surface area contributed by atoms with E-state index in [0.717, 1.165) is 24.1 Å². The van der Waals surface area contributed by atoms with Crippen molar-refractivity contribution < 1.29 is 4.79 Å². The molecule has 1 saturated heterocycles. The largest absolute Gasteiger partial charge is 0.331 e. The van der Waals surface area contributed by atoms with Gasteiger partial charge in [0.25, 0.3) is 0 Å². The highest BCUT2D eigenvalue weighted by molar-refractivity contribution is 5.92. The maximum atomic E-state index is 12.8. The summed E-state index contributed by atoms with van der Waals surface area (Å²) in [5.74, 6) is 1.85. The molecule has 0 unspecified atom stereocenters. The summed E-state index contributed by atoms with van der Waals surface area (Å²) < 4.78 is 1.71. The lowest BCUT2D eigenvalue weighted by atomic mass is 10.1. The molecule has 3 aromatic rings. The first-order valence-corrected chi connectivity index (χ1v) is 9.44. The number of nitrogens with one attached hydrogen (secondary N) is 1. The van der Waals surface area contributed by atoms with Gasteiger partial charge >= 0.3 is 0 Å². The first kappa shape index (κ1) is 18.7. The summed E-state index contributed by atoms with van der Waals surface area (Å²) in [6, 6.07) is 1.80. The smallest absolute Gasteiger partial charge is 0.247 e. The van der Waals surface area contributed by atoms with Crippen LogP contribution in [0.3, 0.4) is 0 Å². The number of likely N-dealkylation sites (tertiary alicyclic amines) is 1. The molecule has 4 rings (SSSR count). The van der Waals surface area contributed by atoms with Crippen molar-refractivity contribution in [2.45, 2.75) is 25.8 Å². The molecule has 9 nitrogen and oxygen atoms in total. The van der Waals surface area contributed by atoms with Crippen molar-refractivity contribution in [3.05, 3.63) is 60.2 Å². The molecule has 1 N–H and O–H groups in total. The lowest BCUT2D eigenvalue weighted by Crippen LogP contribution is -2.29. The third-order valence-electron chi connectivity index (χ3n) is 4.70. The quantitative estimate of drug-likeness (QED) is 0.668.